The lowest BCUT2D eigenvalue weighted by Gasteiger charge is -2.24. The van der Waals surface area contributed by atoms with E-state index < -0.39 is 0 Å². The van der Waals surface area contributed by atoms with Gasteiger partial charge >= 0.3 is 0 Å². The molecule has 0 aliphatic heterocycles. The van der Waals surface area contributed by atoms with E-state index in [9.17, 15) is 5.11 Å². The molecule has 2 rings (SSSR count). The van der Waals surface area contributed by atoms with Crippen molar-refractivity contribution in [3.8, 4) is 0 Å². The molecule has 0 aromatic carbocycles. The maximum absolute atomic E-state index is 9.82. The largest absolute Gasteiger partial charge is 0.393 e. The fourth-order valence-electron chi connectivity index (χ4n) is 3.53. The van der Waals surface area contributed by atoms with Crippen LogP contribution in [0.15, 0.2) is 0 Å². The van der Waals surface area contributed by atoms with E-state index in [4.69, 9.17) is 0 Å². The number of aliphatic hydroxyl groups excluding tert-OH is 1. The fourth-order valence-corrected chi connectivity index (χ4v) is 3.53. The monoisotopic (exact) mass is 154 g/mol. The Balaban J connectivity index is 2.31. The standard InChI is InChI=1S/C10H18O/c1-6-7-4-5-8(9(6)11)10(7,2)3/h6-9,11H,4-5H2,1-3H3. The molecule has 2 saturated carbocycles. The summed E-state index contributed by atoms with van der Waals surface area (Å²) < 4.78 is 0. The molecule has 4 unspecified atom stereocenters. The summed E-state index contributed by atoms with van der Waals surface area (Å²) in [6.45, 7) is 6.85. The van der Waals surface area contributed by atoms with Crippen molar-refractivity contribution in [1.82, 2.24) is 0 Å². The van der Waals surface area contributed by atoms with Gasteiger partial charge in [0, 0.05) is 0 Å². The van der Waals surface area contributed by atoms with Gasteiger partial charge in [0.2, 0.25) is 0 Å². The average Bonchev–Trinajstić information content (AvgIpc) is 2.27. The van der Waals surface area contributed by atoms with Gasteiger partial charge in [0.25, 0.3) is 0 Å². The van der Waals surface area contributed by atoms with Gasteiger partial charge in [0.1, 0.15) is 0 Å². The van der Waals surface area contributed by atoms with Gasteiger partial charge < -0.3 is 5.11 Å². The molecule has 0 aromatic heterocycles. The van der Waals surface area contributed by atoms with Crippen LogP contribution in [-0.4, -0.2) is 11.2 Å². The van der Waals surface area contributed by atoms with E-state index in [1.54, 1.807) is 0 Å². The predicted octanol–water partition coefficient (Wildman–Crippen LogP) is 2.05. The third-order valence-electron chi connectivity index (χ3n) is 4.29. The third kappa shape index (κ3) is 0.752. The second kappa shape index (κ2) is 2.01. The maximum Gasteiger partial charge on any atom is 0.0601 e. The normalized spacial score (nSPS) is 53.5. The van der Waals surface area contributed by atoms with Crippen LogP contribution in [0.5, 0.6) is 0 Å². The van der Waals surface area contributed by atoms with E-state index in [1.807, 2.05) is 0 Å². The molecule has 4 atom stereocenters. The van der Waals surface area contributed by atoms with E-state index in [1.165, 1.54) is 12.8 Å². The Morgan fingerprint density at radius 3 is 2.00 bits per heavy atom. The van der Waals surface area contributed by atoms with Crippen molar-refractivity contribution in [2.24, 2.45) is 23.2 Å². The second-order valence-corrected chi connectivity index (χ2v) is 4.96. The molecule has 0 spiro atoms. The van der Waals surface area contributed by atoms with Crippen molar-refractivity contribution < 1.29 is 5.11 Å². The first-order valence-corrected chi connectivity index (χ1v) is 4.73. The molecule has 2 bridgehead atoms. The number of rotatable bonds is 0. The molecule has 0 saturated heterocycles. The molecular formula is C10H18O. The lowest BCUT2D eigenvalue weighted by molar-refractivity contribution is 0.0620. The highest BCUT2D eigenvalue weighted by Crippen LogP contribution is 2.59. The van der Waals surface area contributed by atoms with Crippen molar-refractivity contribution in [3.05, 3.63) is 0 Å². The molecule has 0 aromatic rings. The van der Waals surface area contributed by atoms with Gasteiger partial charge in [-0.15, -0.1) is 0 Å². The first-order valence-electron chi connectivity index (χ1n) is 4.73. The van der Waals surface area contributed by atoms with Gasteiger partial charge in [0.15, 0.2) is 0 Å². The molecule has 0 heterocycles. The third-order valence-corrected chi connectivity index (χ3v) is 4.29. The SMILES string of the molecule is CC1C(O)C2CCC1C2(C)C. The summed E-state index contributed by atoms with van der Waals surface area (Å²) >= 11 is 0. The Morgan fingerprint density at radius 1 is 1.18 bits per heavy atom. The molecule has 0 radical (unpaired) electrons. The topological polar surface area (TPSA) is 20.2 Å². The van der Waals surface area contributed by atoms with E-state index in [-0.39, 0.29) is 6.10 Å². The highest BCUT2D eigenvalue weighted by Gasteiger charge is 2.56. The zero-order valence-corrected chi connectivity index (χ0v) is 7.67. The van der Waals surface area contributed by atoms with Crippen molar-refractivity contribution in [2.75, 3.05) is 0 Å². The van der Waals surface area contributed by atoms with Crippen LogP contribution in [0, 0.1) is 23.2 Å². The summed E-state index contributed by atoms with van der Waals surface area (Å²) in [5, 5.41) is 9.82. The lowest BCUT2D eigenvalue weighted by atomic mass is 9.80. The quantitative estimate of drug-likeness (QED) is 0.566. The number of aliphatic hydroxyl groups is 1. The van der Waals surface area contributed by atoms with Crippen LogP contribution >= 0.6 is 0 Å². The predicted molar refractivity (Wildman–Crippen MR) is 45.2 cm³/mol. The smallest absolute Gasteiger partial charge is 0.0601 e. The second-order valence-electron chi connectivity index (χ2n) is 4.96. The summed E-state index contributed by atoms with van der Waals surface area (Å²) in [6.07, 6.45) is 2.59. The molecule has 2 aliphatic carbocycles. The van der Waals surface area contributed by atoms with Gasteiger partial charge in [-0.2, -0.15) is 0 Å². The Labute approximate surface area is 68.8 Å². The number of fused-ring (bicyclic) bond motifs is 2. The minimum absolute atomic E-state index is 0.0104. The minimum atomic E-state index is -0.0104. The minimum Gasteiger partial charge on any atom is -0.393 e. The summed E-state index contributed by atoms with van der Waals surface area (Å²) in [5.74, 6) is 1.91. The van der Waals surface area contributed by atoms with Crippen LogP contribution in [0.2, 0.25) is 0 Å². The zero-order valence-electron chi connectivity index (χ0n) is 7.67. The highest BCUT2D eigenvalue weighted by atomic mass is 16.3. The Kier molecular flexibility index (Phi) is 1.39. The Morgan fingerprint density at radius 2 is 1.73 bits per heavy atom. The molecule has 11 heavy (non-hydrogen) atoms. The van der Waals surface area contributed by atoms with Crippen molar-refractivity contribution in [1.29, 1.82) is 0 Å². The van der Waals surface area contributed by atoms with Crippen LogP contribution in [-0.2, 0) is 0 Å². The summed E-state index contributed by atoms with van der Waals surface area (Å²) in [6, 6.07) is 0. The number of hydrogen-bond acceptors (Lipinski definition) is 1. The summed E-state index contributed by atoms with van der Waals surface area (Å²) in [5.41, 5.74) is 0.416. The fraction of sp³-hybridized carbons (Fsp3) is 1.00. The van der Waals surface area contributed by atoms with E-state index in [0.717, 1.165) is 5.92 Å². The van der Waals surface area contributed by atoms with Gasteiger partial charge in [0.05, 0.1) is 6.10 Å². The van der Waals surface area contributed by atoms with E-state index >= 15 is 0 Å². The molecule has 0 amide bonds. The molecule has 1 N–H and O–H groups in total. The average molecular weight is 154 g/mol. The van der Waals surface area contributed by atoms with Gasteiger partial charge in [-0.05, 0) is 36.0 Å². The van der Waals surface area contributed by atoms with Crippen LogP contribution in [0.3, 0.4) is 0 Å². The summed E-state index contributed by atoms with van der Waals surface area (Å²) in [4.78, 5) is 0. The highest BCUT2D eigenvalue weighted by molar-refractivity contribution is 5.05. The van der Waals surface area contributed by atoms with Crippen LogP contribution in [0.4, 0.5) is 0 Å². The summed E-state index contributed by atoms with van der Waals surface area (Å²) in [7, 11) is 0. The zero-order chi connectivity index (χ0) is 8.22. The van der Waals surface area contributed by atoms with Crippen LogP contribution in [0.1, 0.15) is 33.6 Å². The first-order chi connectivity index (χ1) is 5.05. The van der Waals surface area contributed by atoms with Gasteiger partial charge in [-0.3, -0.25) is 0 Å². The van der Waals surface area contributed by atoms with E-state index in [0.29, 0.717) is 17.3 Å². The van der Waals surface area contributed by atoms with Crippen LogP contribution in [0.25, 0.3) is 0 Å². The molecule has 64 valence electrons. The maximum atomic E-state index is 9.82. The van der Waals surface area contributed by atoms with Gasteiger partial charge in [-0.25, -0.2) is 0 Å². The molecule has 1 nitrogen and oxygen atoms in total. The molecule has 2 fully saturated rings. The van der Waals surface area contributed by atoms with Gasteiger partial charge in [-0.1, -0.05) is 20.8 Å². The lowest BCUT2D eigenvalue weighted by Crippen LogP contribution is -2.25. The van der Waals surface area contributed by atoms with Crippen LogP contribution < -0.4 is 0 Å². The van der Waals surface area contributed by atoms with Crippen molar-refractivity contribution >= 4 is 0 Å². The Hall–Kier alpha value is -0.0400. The number of hydrogen-bond donors (Lipinski definition) is 1. The molecule has 1 heteroatoms. The first kappa shape index (κ1) is 7.60. The van der Waals surface area contributed by atoms with E-state index in [2.05, 4.69) is 20.8 Å². The molecular weight excluding hydrogens is 136 g/mol. The van der Waals surface area contributed by atoms with Crippen molar-refractivity contribution in [2.45, 2.75) is 39.7 Å². The molecule has 2 aliphatic rings. The van der Waals surface area contributed by atoms with Crippen molar-refractivity contribution in [3.63, 3.8) is 0 Å². The Bertz CT molecular complexity index is 156.